The van der Waals surface area contributed by atoms with Crippen molar-refractivity contribution in [3.63, 3.8) is 0 Å². The van der Waals surface area contributed by atoms with E-state index in [2.05, 4.69) is 21.2 Å². The van der Waals surface area contributed by atoms with Crippen LogP contribution in [0, 0.1) is 11.3 Å². The fraction of sp³-hybridized carbons (Fsp3) is 0.500. The van der Waals surface area contributed by atoms with Crippen molar-refractivity contribution in [2.24, 2.45) is 0 Å². The van der Waals surface area contributed by atoms with Gasteiger partial charge in [-0.1, -0.05) is 11.6 Å². The highest BCUT2D eigenvalue weighted by atomic mass is 35.5. The van der Waals surface area contributed by atoms with Crippen molar-refractivity contribution in [2.75, 3.05) is 7.05 Å². The molecule has 0 aliphatic heterocycles. The summed E-state index contributed by atoms with van der Waals surface area (Å²) in [5.74, 6) is 0. The second-order valence-corrected chi connectivity index (χ2v) is 3.86. The Morgan fingerprint density at radius 2 is 2.27 bits per heavy atom. The van der Waals surface area contributed by atoms with E-state index in [1.165, 1.54) is 0 Å². The maximum atomic E-state index is 8.57. The Bertz CT molecular complexity index is 343. The summed E-state index contributed by atoms with van der Waals surface area (Å²) >= 11 is 5.63. The van der Waals surface area contributed by atoms with Gasteiger partial charge in [0, 0.05) is 12.6 Å². The van der Waals surface area contributed by atoms with Crippen molar-refractivity contribution in [1.29, 1.82) is 5.26 Å². The van der Waals surface area contributed by atoms with E-state index in [9.17, 15) is 0 Å². The maximum absolute atomic E-state index is 8.57. The van der Waals surface area contributed by atoms with Gasteiger partial charge in [0.15, 0.2) is 5.15 Å². The van der Waals surface area contributed by atoms with E-state index in [4.69, 9.17) is 16.9 Å². The molecule has 0 saturated carbocycles. The molecule has 15 heavy (non-hydrogen) atoms. The molecule has 5 heteroatoms. The van der Waals surface area contributed by atoms with Crippen LogP contribution in [-0.4, -0.2) is 28.2 Å². The number of halogens is 1. The minimum absolute atomic E-state index is 0.215. The summed E-state index contributed by atoms with van der Waals surface area (Å²) in [6.45, 7) is 2.68. The summed E-state index contributed by atoms with van der Waals surface area (Å²) in [6.07, 6.45) is 0.511. The second kappa shape index (κ2) is 5.64. The molecule has 0 aromatic carbocycles. The molecule has 0 amide bonds. The third-order valence-electron chi connectivity index (χ3n) is 2.24. The van der Waals surface area contributed by atoms with Gasteiger partial charge in [0.25, 0.3) is 0 Å². The third kappa shape index (κ3) is 3.82. The van der Waals surface area contributed by atoms with Crippen molar-refractivity contribution >= 4 is 11.6 Å². The van der Waals surface area contributed by atoms with Crippen LogP contribution in [0.5, 0.6) is 0 Å². The number of hydrogen-bond acceptors (Lipinski definition) is 4. The zero-order chi connectivity index (χ0) is 11.3. The van der Waals surface area contributed by atoms with Gasteiger partial charge in [-0.25, -0.2) is 0 Å². The van der Waals surface area contributed by atoms with Crippen molar-refractivity contribution in [1.82, 2.24) is 15.1 Å². The molecule has 0 bridgehead atoms. The quantitative estimate of drug-likeness (QED) is 0.784. The first-order valence-corrected chi connectivity index (χ1v) is 5.06. The lowest BCUT2D eigenvalue weighted by molar-refractivity contribution is 0.249. The summed E-state index contributed by atoms with van der Waals surface area (Å²) < 4.78 is 0. The van der Waals surface area contributed by atoms with Gasteiger partial charge in [-0.2, -0.15) is 10.4 Å². The van der Waals surface area contributed by atoms with Crippen LogP contribution in [0.1, 0.15) is 19.0 Å². The van der Waals surface area contributed by atoms with Gasteiger partial charge < -0.3 is 0 Å². The Balaban J connectivity index is 2.55. The van der Waals surface area contributed by atoms with Gasteiger partial charge in [0.05, 0.1) is 18.2 Å². The standard InChI is InChI=1S/C10H13ClN4/c1-8(5-6-12)15(2)7-9-3-4-10(11)14-13-9/h3-4,8H,5,7H2,1-2H3. The van der Waals surface area contributed by atoms with Crippen LogP contribution in [0.2, 0.25) is 5.15 Å². The Kier molecular flexibility index (Phi) is 4.47. The predicted molar refractivity (Wildman–Crippen MR) is 58.2 cm³/mol. The number of hydrogen-bond donors (Lipinski definition) is 0. The molecule has 0 aliphatic carbocycles. The zero-order valence-corrected chi connectivity index (χ0v) is 9.57. The van der Waals surface area contributed by atoms with E-state index in [0.29, 0.717) is 18.1 Å². The minimum atomic E-state index is 0.215. The smallest absolute Gasteiger partial charge is 0.151 e. The minimum Gasteiger partial charge on any atom is -0.297 e. The van der Waals surface area contributed by atoms with Gasteiger partial charge in [-0.05, 0) is 26.1 Å². The van der Waals surface area contributed by atoms with Crippen LogP contribution in [0.25, 0.3) is 0 Å². The highest BCUT2D eigenvalue weighted by Crippen LogP contribution is 2.07. The molecule has 1 aromatic rings. The first kappa shape index (κ1) is 11.9. The highest BCUT2D eigenvalue weighted by Gasteiger charge is 2.09. The number of nitriles is 1. The molecule has 1 rings (SSSR count). The molecule has 0 aliphatic rings. The van der Waals surface area contributed by atoms with Gasteiger partial charge in [0.2, 0.25) is 0 Å². The van der Waals surface area contributed by atoms with Gasteiger partial charge >= 0.3 is 0 Å². The summed E-state index contributed by atoms with van der Waals surface area (Å²) in [4.78, 5) is 2.06. The Morgan fingerprint density at radius 3 is 2.80 bits per heavy atom. The van der Waals surface area contributed by atoms with E-state index < -0.39 is 0 Å². The average Bonchev–Trinajstić information content (AvgIpc) is 2.22. The normalized spacial score (nSPS) is 12.5. The van der Waals surface area contributed by atoms with Crippen molar-refractivity contribution in [3.8, 4) is 6.07 Å². The van der Waals surface area contributed by atoms with Crippen molar-refractivity contribution in [3.05, 3.63) is 23.0 Å². The van der Waals surface area contributed by atoms with E-state index >= 15 is 0 Å². The molecule has 1 atom stereocenters. The number of aromatic nitrogens is 2. The number of rotatable bonds is 4. The molecular weight excluding hydrogens is 212 g/mol. The summed E-state index contributed by atoms with van der Waals surface area (Å²) in [5.41, 5.74) is 0.853. The van der Waals surface area contributed by atoms with E-state index in [-0.39, 0.29) is 6.04 Å². The molecule has 0 N–H and O–H groups in total. The molecule has 0 radical (unpaired) electrons. The van der Waals surface area contributed by atoms with Crippen LogP contribution >= 0.6 is 11.6 Å². The molecule has 0 saturated heterocycles. The molecule has 0 fully saturated rings. The lowest BCUT2D eigenvalue weighted by Gasteiger charge is -2.21. The molecule has 80 valence electrons. The molecule has 1 heterocycles. The summed E-state index contributed by atoms with van der Waals surface area (Å²) in [7, 11) is 1.96. The fourth-order valence-corrected chi connectivity index (χ4v) is 1.23. The number of nitrogens with zero attached hydrogens (tertiary/aromatic N) is 4. The zero-order valence-electron chi connectivity index (χ0n) is 8.81. The summed E-state index contributed by atoms with van der Waals surface area (Å²) in [6, 6.07) is 5.91. The van der Waals surface area contributed by atoms with Crippen LogP contribution in [0.4, 0.5) is 0 Å². The largest absolute Gasteiger partial charge is 0.297 e. The topological polar surface area (TPSA) is 52.8 Å². The lowest BCUT2D eigenvalue weighted by atomic mass is 10.2. The van der Waals surface area contributed by atoms with Crippen molar-refractivity contribution < 1.29 is 0 Å². The Morgan fingerprint density at radius 1 is 1.53 bits per heavy atom. The summed E-state index contributed by atoms with van der Waals surface area (Å²) in [5, 5.41) is 16.7. The van der Waals surface area contributed by atoms with Gasteiger partial charge in [-0.15, -0.1) is 5.10 Å². The monoisotopic (exact) mass is 224 g/mol. The highest BCUT2D eigenvalue weighted by molar-refractivity contribution is 6.29. The molecular formula is C10H13ClN4. The Hall–Kier alpha value is -1.18. The van der Waals surface area contributed by atoms with Crippen LogP contribution < -0.4 is 0 Å². The molecule has 0 spiro atoms. The van der Waals surface area contributed by atoms with Gasteiger partial charge in [-0.3, -0.25) is 4.90 Å². The third-order valence-corrected chi connectivity index (χ3v) is 2.44. The second-order valence-electron chi connectivity index (χ2n) is 3.47. The first-order valence-electron chi connectivity index (χ1n) is 4.68. The van der Waals surface area contributed by atoms with E-state index in [1.807, 2.05) is 20.0 Å². The van der Waals surface area contributed by atoms with Crippen LogP contribution in [-0.2, 0) is 6.54 Å². The van der Waals surface area contributed by atoms with Crippen LogP contribution in [0.3, 0.4) is 0 Å². The van der Waals surface area contributed by atoms with Crippen LogP contribution in [0.15, 0.2) is 12.1 Å². The average molecular weight is 225 g/mol. The first-order chi connectivity index (χ1) is 7.13. The van der Waals surface area contributed by atoms with Crippen molar-refractivity contribution in [2.45, 2.75) is 25.9 Å². The maximum Gasteiger partial charge on any atom is 0.151 e. The SMILES string of the molecule is CC(CC#N)N(C)Cc1ccc(Cl)nn1. The van der Waals surface area contributed by atoms with E-state index in [1.54, 1.807) is 6.07 Å². The fourth-order valence-electron chi connectivity index (χ4n) is 1.13. The molecule has 1 unspecified atom stereocenters. The predicted octanol–water partition coefficient (Wildman–Crippen LogP) is 1.86. The van der Waals surface area contributed by atoms with E-state index in [0.717, 1.165) is 5.69 Å². The Labute approximate surface area is 94.5 Å². The van der Waals surface area contributed by atoms with Gasteiger partial charge in [0.1, 0.15) is 0 Å². The lowest BCUT2D eigenvalue weighted by Crippen LogP contribution is -2.28. The molecule has 1 aromatic heterocycles. The molecule has 4 nitrogen and oxygen atoms in total.